The summed E-state index contributed by atoms with van der Waals surface area (Å²) in [6, 6.07) is 8.96. The highest BCUT2D eigenvalue weighted by atomic mass is 79.9. The molecular formula is C18H20BrN3O4. The van der Waals surface area contributed by atoms with Crippen molar-refractivity contribution in [3.63, 3.8) is 0 Å². The van der Waals surface area contributed by atoms with Gasteiger partial charge in [-0.15, -0.1) is 0 Å². The van der Waals surface area contributed by atoms with E-state index in [9.17, 15) is 4.79 Å². The molecule has 8 heteroatoms. The van der Waals surface area contributed by atoms with E-state index in [1.54, 1.807) is 31.5 Å². The van der Waals surface area contributed by atoms with Gasteiger partial charge in [0.1, 0.15) is 18.5 Å². The standard InChI is InChI=1S/C18H20BrN3O4/c1-24-6-7-25-16-8-12(19)9-21-17(16)18(23)22-13-2-4-14(5-3-13)26-15-10-20-11-15/h2-5,8-9,15,20H,6-7,10-11H2,1H3,(H,22,23). The number of anilines is 1. The summed E-state index contributed by atoms with van der Waals surface area (Å²) in [5, 5.41) is 5.97. The number of amides is 1. The van der Waals surface area contributed by atoms with E-state index in [1.807, 2.05) is 12.1 Å². The summed E-state index contributed by atoms with van der Waals surface area (Å²) >= 11 is 3.34. The normalized spacial score (nSPS) is 13.8. The molecule has 26 heavy (non-hydrogen) atoms. The first-order chi connectivity index (χ1) is 12.7. The third-order valence-corrected chi connectivity index (χ3v) is 4.17. The lowest BCUT2D eigenvalue weighted by molar-refractivity contribution is 0.101. The number of ether oxygens (including phenoxy) is 3. The molecule has 0 unspecified atom stereocenters. The van der Waals surface area contributed by atoms with E-state index in [1.165, 1.54) is 0 Å². The molecule has 1 aliphatic rings. The zero-order valence-corrected chi connectivity index (χ0v) is 15.9. The number of hydrogen-bond donors (Lipinski definition) is 2. The van der Waals surface area contributed by atoms with E-state index in [-0.39, 0.29) is 17.7 Å². The Morgan fingerprint density at radius 1 is 1.31 bits per heavy atom. The van der Waals surface area contributed by atoms with Crippen LogP contribution in [0.25, 0.3) is 0 Å². The molecule has 0 bridgehead atoms. The Balaban J connectivity index is 1.65. The molecule has 1 aromatic heterocycles. The molecule has 138 valence electrons. The largest absolute Gasteiger partial charge is 0.489 e. The van der Waals surface area contributed by atoms with Crippen molar-refractivity contribution in [2.45, 2.75) is 6.10 Å². The number of aromatic nitrogens is 1. The summed E-state index contributed by atoms with van der Waals surface area (Å²) in [5.74, 6) is 0.827. The lowest BCUT2D eigenvalue weighted by Gasteiger charge is -2.27. The number of halogens is 1. The minimum atomic E-state index is -0.346. The van der Waals surface area contributed by atoms with Crippen LogP contribution in [-0.4, -0.2) is 50.4 Å². The number of hydrogen-bond acceptors (Lipinski definition) is 6. The van der Waals surface area contributed by atoms with Crippen LogP contribution >= 0.6 is 15.9 Å². The van der Waals surface area contributed by atoms with Gasteiger partial charge in [0.25, 0.3) is 5.91 Å². The molecular weight excluding hydrogens is 402 g/mol. The second kappa shape index (κ2) is 8.98. The van der Waals surface area contributed by atoms with Crippen molar-refractivity contribution >= 4 is 27.5 Å². The number of carbonyl (C=O) groups is 1. The Morgan fingerprint density at radius 2 is 2.08 bits per heavy atom. The topological polar surface area (TPSA) is 81.7 Å². The van der Waals surface area contributed by atoms with Gasteiger partial charge in [-0.2, -0.15) is 0 Å². The molecule has 3 rings (SSSR count). The Kier molecular flexibility index (Phi) is 6.43. The van der Waals surface area contributed by atoms with E-state index in [4.69, 9.17) is 14.2 Å². The molecule has 1 fully saturated rings. The third-order valence-electron chi connectivity index (χ3n) is 3.74. The molecule has 1 amide bonds. The molecule has 0 radical (unpaired) electrons. The van der Waals surface area contributed by atoms with Gasteiger partial charge in [-0.3, -0.25) is 4.79 Å². The van der Waals surface area contributed by atoms with Crippen molar-refractivity contribution in [2.75, 3.05) is 38.7 Å². The van der Waals surface area contributed by atoms with Gasteiger partial charge in [0.15, 0.2) is 11.4 Å². The van der Waals surface area contributed by atoms with Crippen LogP contribution < -0.4 is 20.1 Å². The molecule has 0 saturated carbocycles. The van der Waals surface area contributed by atoms with Gasteiger partial charge in [-0.1, -0.05) is 0 Å². The SMILES string of the molecule is COCCOc1cc(Br)cnc1C(=O)Nc1ccc(OC2CNC2)cc1. The average molecular weight is 422 g/mol. The summed E-state index contributed by atoms with van der Waals surface area (Å²) < 4.78 is 17.0. The van der Waals surface area contributed by atoms with Crippen molar-refractivity contribution in [3.8, 4) is 11.5 Å². The highest BCUT2D eigenvalue weighted by Gasteiger charge is 2.18. The van der Waals surface area contributed by atoms with Crippen molar-refractivity contribution in [1.29, 1.82) is 0 Å². The van der Waals surface area contributed by atoms with Crippen LogP contribution in [0.2, 0.25) is 0 Å². The second-order valence-corrected chi connectivity index (χ2v) is 6.63. The van der Waals surface area contributed by atoms with E-state index in [0.29, 0.717) is 24.7 Å². The van der Waals surface area contributed by atoms with E-state index in [0.717, 1.165) is 23.3 Å². The van der Waals surface area contributed by atoms with Crippen LogP contribution in [0, 0.1) is 0 Å². The lowest BCUT2D eigenvalue weighted by atomic mass is 10.2. The summed E-state index contributed by atoms with van der Waals surface area (Å²) in [5.41, 5.74) is 0.867. The van der Waals surface area contributed by atoms with Crippen molar-refractivity contribution in [3.05, 3.63) is 46.7 Å². The number of carbonyl (C=O) groups excluding carboxylic acids is 1. The van der Waals surface area contributed by atoms with Crippen LogP contribution in [0.15, 0.2) is 41.0 Å². The Labute approximate surface area is 160 Å². The van der Waals surface area contributed by atoms with Gasteiger partial charge < -0.3 is 24.8 Å². The Hall–Kier alpha value is -2.16. The van der Waals surface area contributed by atoms with E-state index < -0.39 is 0 Å². The second-order valence-electron chi connectivity index (χ2n) is 5.72. The van der Waals surface area contributed by atoms with Gasteiger partial charge in [0, 0.05) is 36.6 Å². The maximum atomic E-state index is 12.6. The molecule has 1 aliphatic heterocycles. The molecule has 0 atom stereocenters. The predicted molar refractivity (Wildman–Crippen MR) is 101 cm³/mol. The van der Waals surface area contributed by atoms with Crippen LogP contribution in [0.1, 0.15) is 10.5 Å². The van der Waals surface area contributed by atoms with Gasteiger partial charge in [-0.25, -0.2) is 4.98 Å². The summed E-state index contributed by atoms with van der Waals surface area (Å²) in [4.78, 5) is 16.7. The fraction of sp³-hybridized carbons (Fsp3) is 0.333. The van der Waals surface area contributed by atoms with Crippen molar-refractivity contribution in [2.24, 2.45) is 0 Å². The summed E-state index contributed by atoms with van der Waals surface area (Å²) in [7, 11) is 1.59. The fourth-order valence-corrected chi connectivity index (χ4v) is 2.59. The molecule has 1 aromatic carbocycles. The summed E-state index contributed by atoms with van der Waals surface area (Å²) in [6.07, 6.45) is 1.77. The smallest absolute Gasteiger partial charge is 0.278 e. The number of pyridine rings is 1. The highest BCUT2D eigenvalue weighted by Crippen LogP contribution is 2.23. The molecule has 2 N–H and O–H groups in total. The molecule has 2 heterocycles. The first-order valence-electron chi connectivity index (χ1n) is 8.22. The first kappa shape index (κ1) is 18.6. The van der Waals surface area contributed by atoms with Crippen LogP contribution in [0.4, 0.5) is 5.69 Å². The quantitative estimate of drug-likeness (QED) is 0.637. The zero-order valence-electron chi connectivity index (χ0n) is 14.3. The average Bonchev–Trinajstić information content (AvgIpc) is 2.60. The van der Waals surface area contributed by atoms with Gasteiger partial charge in [-0.05, 0) is 46.3 Å². The maximum Gasteiger partial charge on any atom is 0.278 e. The molecule has 1 saturated heterocycles. The Morgan fingerprint density at radius 3 is 2.73 bits per heavy atom. The van der Waals surface area contributed by atoms with Crippen molar-refractivity contribution in [1.82, 2.24) is 10.3 Å². The monoisotopic (exact) mass is 421 g/mol. The molecule has 7 nitrogen and oxygen atoms in total. The first-order valence-corrected chi connectivity index (χ1v) is 9.01. The lowest BCUT2D eigenvalue weighted by Crippen LogP contribution is -2.50. The third kappa shape index (κ3) is 4.94. The van der Waals surface area contributed by atoms with Crippen LogP contribution in [0.5, 0.6) is 11.5 Å². The van der Waals surface area contributed by atoms with Gasteiger partial charge in [0.2, 0.25) is 0 Å². The molecule has 0 aliphatic carbocycles. The molecule has 0 spiro atoms. The van der Waals surface area contributed by atoms with Crippen LogP contribution in [0.3, 0.4) is 0 Å². The number of rotatable bonds is 8. The highest BCUT2D eigenvalue weighted by molar-refractivity contribution is 9.10. The minimum Gasteiger partial charge on any atom is -0.489 e. The number of nitrogens with one attached hydrogen (secondary N) is 2. The maximum absolute atomic E-state index is 12.6. The Bertz CT molecular complexity index is 751. The number of methoxy groups -OCH3 is 1. The predicted octanol–water partition coefficient (Wildman–Crippen LogP) is 2.47. The number of nitrogens with zero attached hydrogens (tertiary/aromatic N) is 1. The number of benzene rings is 1. The van der Waals surface area contributed by atoms with E-state index in [2.05, 4.69) is 31.5 Å². The van der Waals surface area contributed by atoms with E-state index >= 15 is 0 Å². The fourth-order valence-electron chi connectivity index (χ4n) is 2.28. The minimum absolute atomic E-state index is 0.213. The van der Waals surface area contributed by atoms with Crippen molar-refractivity contribution < 1.29 is 19.0 Å². The molecule has 2 aromatic rings. The van der Waals surface area contributed by atoms with Crippen LogP contribution in [-0.2, 0) is 4.74 Å². The van der Waals surface area contributed by atoms with Gasteiger partial charge in [0.05, 0.1) is 6.61 Å². The van der Waals surface area contributed by atoms with Gasteiger partial charge >= 0.3 is 0 Å². The summed E-state index contributed by atoms with van der Waals surface area (Å²) in [6.45, 7) is 2.47. The zero-order chi connectivity index (χ0) is 18.4.